The molecule has 3 aromatic carbocycles. The molecule has 1 unspecified atom stereocenters. The highest BCUT2D eigenvalue weighted by Crippen LogP contribution is 2.62. The van der Waals surface area contributed by atoms with Crippen LogP contribution >= 0.6 is 0 Å². The van der Waals surface area contributed by atoms with E-state index in [9.17, 15) is 15.0 Å². The van der Waals surface area contributed by atoms with Crippen molar-refractivity contribution in [3.8, 4) is 11.5 Å². The Morgan fingerprint density at radius 2 is 1.58 bits per heavy atom. The van der Waals surface area contributed by atoms with Gasteiger partial charge in [-0.2, -0.15) is 0 Å². The molecule has 3 aliphatic carbocycles. The van der Waals surface area contributed by atoms with E-state index in [4.69, 9.17) is 28.9 Å². The van der Waals surface area contributed by atoms with Crippen LogP contribution in [-0.2, 0) is 25.7 Å². The van der Waals surface area contributed by atoms with Crippen LogP contribution in [0.15, 0.2) is 90.1 Å². The lowest BCUT2D eigenvalue weighted by atomic mass is 9.55. The number of nitrogens with one attached hydrogen (secondary N) is 1. The molecule has 0 radical (unpaired) electrons. The SMILES string of the molecule is C=CCO[C@@]12Oc3ccc(OC(=O)NCCCCCCCCCCCC)cc3[C@H]3[C@H](CCCCO)[C@@H](CCCCO)C=C(C(=NOC4CCCCO4)C[C@@H]1N(Cc1cccc4ccccc14)C(=O)CCC1CCCC1)[C@H]32. The fourth-order valence-electron chi connectivity index (χ4n) is 13.3. The van der Waals surface area contributed by atoms with E-state index in [0.717, 1.165) is 117 Å². The summed E-state index contributed by atoms with van der Waals surface area (Å²) in [6, 6.07) is 19.7. The van der Waals surface area contributed by atoms with Crippen LogP contribution in [0.1, 0.15) is 191 Å². The second kappa shape index (κ2) is 29.8. The molecule has 7 atom stereocenters. The topological polar surface area (TPSA) is 148 Å². The number of rotatable bonds is 31. The molecule has 0 spiro atoms. The van der Waals surface area contributed by atoms with Crippen molar-refractivity contribution in [2.75, 3.05) is 33.0 Å². The fraction of sp³-hybridized carbons (Fsp3) is 0.641. The first kappa shape index (κ1) is 57.4. The second-order valence-corrected chi connectivity index (χ2v) is 22.5. The molecule has 2 aliphatic heterocycles. The monoisotopic (exact) mass is 1050 g/mol. The predicted octanol–water partition coefficient (Wildman–Crippen LogP) is 14.0. The Morgan fingerprint density at radius 3 is 2.33 bits per heavy atom. The van der Waals surface area contributed by atoms with Crippen LogP contribution in [0, 0.1) is 23.7 Å². The molecule has 0 bridgehead atoms. The Labute approximate surface area is 454 Å². The maximum absolute atomic E-state index is 15.6. The van der Waals surface area contributed by atoms with Gasteiger partial charge in [-0.15, -0.1) is 6.58 Å². The Bertz CT molecular complexity index is 2350. The van der Waals surface area contributed by atoms with Gasteiger partial charge in [0.1, 0.15) is 17.5 Å². The lowest BCUT2D eigenvalue weighted by Gasteiger charge is -2.60. The number of amides is 2. The normalized spacial score (nSPS) is 24.6. The molecule has 2 amide bonds. The Balaban J connectivity index is 1.20. The molecule has 3 aromatic rings. The summed E-state index contributed by atoms with van der Waals surface area (Å²) < 4.78 is 27.2. The van der Waals surface area contributed by atoms with E-state index in [1.165, 1.54) is 57.8 Å². The number of oxime groups is 1. The molecule has 1 saturated heterocycles. The van der Waals surface area contributed by atoms with E-state index in [-0.39, 0.29) is 43.5 Å². The summed E-state index contributed by atoms with van der Waals surface area (Å²) in [6.07, 6.45) is 28.7. The van der Waals surface area contributed by atoms with Gasteiger partial charge in [0.25, 0.3) is 0 Å². The predicted molar refractivity (Wildman–Crippen MR) is 301 cm³/mol. The highest BCUT2D eigenvalue weighted by Gasteiger charge is 2.65. The Morgan fingerprint density at radius 1 is 0.842 bits per heavy atom. The average Bonchev–Trinajstić information content (AvgIpc) is 4.08. The van der Waals surface area contributed by atoms with Crippen molar-refractivity contribution >= 4 is 28.5 Å². The number of allylic oxidation sites excluding steroid dienone is 1. The smallest absolute Gasteiger partial charge is 0.412 e. The molecule has 2 heterocycles. The summed E-state index contributed by atoms with van der Waals surface area (Å²) in [4.78, 5) is 37.7. The van der Waals surface area contributed by atoms with Gasteiger partial charge in [-0.1, -0.05) is 163 Å². The van der Waals surface area contributed by atoms with Crippen molar-refractivity contribution in [3.63, 3.8) is 0 Å². The minimum atomic E-state index is -1.42. The van der Waals surface area contributed by atoms with Crippen molar-refractivity contribution in [2.24, 2.45) is 28.8 Å². The van der Waals surface area contributed by atoms with Crippen molar-refractivity contribution < 1.29 is 43.6 Å². The zero-order valence-electron chi connectivity index (χ0n) is 46.0. The van der Waals surface area contributed by atoms with E-state index >= 15 is 4.79 Å². The van der Waals surface area contributed by atoms with Gasteiger partial charge in [0.15, 0.2) is 0 Å². The molecule has 76 heavy (non-hydrogen) atoms. The molecule has 12 nitrogen and oxygen atoms in total. The largest absolute Gasteiger partial charge is 0.459 e. The molecule has 3 fully saturated rings. The average molecular weight is 1050 g/mol. The summed E-state index contributed by atoms with van der Waals surface area (Å²) in [5.74, 6) is -0.535. The van der Waals surface area contributed by atoms with Gasteiger partial charge in [-0.25, -0.2) is 4.79 Å². The third kappa shape index (κ3) is 14.9. The summed E-state index contributed by atoms with van der Waals surface area (Å²) in [5, 5.41) is 30.6. The summed E-state index contributed by atoms with van der Waals surface area (Å²) >= 11 is 0. The summed E-state index contributed by atoms with van der Waals surface area (Å²) in [5.41, 5.74) is 3.64. The number of hydrogen-bond acceptors (Lipinski definition) is 10. The van der Waals surface area contributed by atoms with E-state index < -0.39 is 30.1 Å². The maximum atomic E-state index is 15.6. The molecule has 3 N–H and O–H groups in total. The minimum absolute atomic E-state index is 0.0148. The van der Waals surface area contributed by atoms with E-state index in [1.54, 1.807) is 6.08 Å². The number of ether oxygens (including phenoxy) is 4. The molecule has 8 rings (SSSR count). The van der Waals surface area contributed by atoms with Crippen molar-refractivity contribution in [1.82, 2.24) is 10.2 Å². The highest BCUT2D eigenvalue weighted by molar-refractivity contribution is 6.03. The molecular formula is C64H91N3O9. The number of aliphatic hydroxyl groups is 2. The lowest BCUT2D eigenvalue weighted by Crippen LogP contribution is -2.70. The number of nitrogens with zero attached hydrogens (tertiary/aromatic N) is 2. The van der Waals surface area contributed by atoms with Crippen LogP contribution in [0.5, 0.6) is 11.5 Å². The first-order chi connectivity index (χ1) is 37.4. The molecule has 0 aromatic heterocycles. The van der Waals surface area contributed by atoms with E-state index in [2.05, 4.69) is 72.3 Å². The van der Waals surface area contributed by atoms with E-state index in [0.29, 0.717) is 62.8 Å². The number of carbonyl (C=O) groups excluding carboxylic acids is 2. The Kier molecular flexibility index (Phi) is 22.5. The zero-order valence-corrected chi connectivity index (χ0v) is 46.0. The van der Waals surface area contributed by atoms with Crippen molar-refractivity contribution in [2.45, 2.75) is 204 Å². The lowest BCUT2D eigenvalue weighted by molar-refractivity contribution is -0.258. The number of hydrogen-bond donors (Lipinski definition) is 3. The van der Waals surface area contributed by atoms with Gasteiger partial charge in [-0.3, -0.25) is 4.79 Å². The number of carbonyl (C=O) groups is 2. The third-order valence-corrected chi connectivity index (χ3v) is 17.2. The van der Waals surface area contributed by atoms with Crippen molar-refractivity contribution in [3.05, 3.63) is 96.1 Å². The number of fused-ring (bicyclic) bond motifs is 3. The fourth-order valence-corrected chi connectivity index (χ4v) is 13.3. The number of unbranched alkanes of at least 4 members (excludes halogenated alkanes) is 11. The highest BCUT2D eigenvalue weighted by atomic mass is 16.8. The molecule has 12 heteroatoms. The molecule has 5 aliphatic rings. The van der Waals surface area contributed by atoms with Gasteiger partial charge in [0.05, 0.1) is 24.8 Å². The van der Waals surface area contributed by atoms with Crippen LogP contribution < -0.4 is 14.8 Å². The van der Waals surface area contributed by atoms with Crippen molar-refractivity contribution in [1.29, 1.82) is 0 Å². The first-order valence-corrected chi connectivity index (χ1v) is 29.9. The van der Waals surface area contributed by atoms with Crippen LogP contribution in [0.4, 0.5) is 4.79 Å². The molecule has 416 valence electrons. The minimum Gasteiger partial charge on any atom is -0.459 e. The summed E-state index contributed by atoms with van der Waals surface area (Å²) in [7, 11) is 0. The van der Waals surface area contributed by atoms with Gasteiger partial charge in [0, 0.05) is 57.0 Å². The van der Waals surface area contributed by atoms with E-state index in [1.807, 2.05) is 18.2 Å². The third-order valence-electron chi connectivity index (χ3n) is 17.2. The van der Waals surface area contributed by atoms with Crippen LogP contribution in [0.25, 0.3) is 10.8 Å². The van der Waals surface area contributed by atoms with Gasteiger partial charge < -0.3 is 44.2 Å². The maximum Gasteiger partial charge on any atom is 0.412 e. The van der Waals surface area contributed by atoms with Crippen LogP contribution in [-0.4, -0.2) is 83.9 Å². The van der Waals surface area contributed by atoms with Gasteiger partial charge in [0.2, 0.25) is 18.0 Å². The second-order valence-electron chi connectivity index (χ2n) is 22.5. The first-order valence-electron chi connectivity index (χ1n) is 29.9. The molecular weight excluding hydrogens is 955 g/mol. The molecule has 2 saturated carbocycles. The summed E-state index contributed by atoms with van der Waals surface area (Å²) in [6.45, 7) is 8.23. The quantitative estimate of drug-likeness (QED) is 0.0325. The number of benzene rings is 3. The zero-order chi connectivity index (χ0) is 53.0. The van der Waals surface area contributed by atoms with Crippen LogP contribution in [0.3, 0.4) is 0 Å². The van der Waals surface area contributed by atoms with Crippen LogP contribution in [0.2, 0.25) is 0 Å². The van der Waals surface area contributed by atoms with Gasteiger partial charge >= 0.3 is 6.09 Å². The standard InChI is InChI=1S/C64H91N3O9/c1-3-5-6-7-8-9-10-11-12-20-38-65-63(71)74-51-35-36-57-55(44-51)61-53(32-18-22-40-69)49(28-17-21-39-68)43-54-56(66-76-60-33-19-23-42-72-60)45-58(64(75-57,62(54)61)73-41-4-2)67(59(70)37-34-47-25-13-14-26-47)46-50-30-24-29-48-27-15-16-31-52(48)50/h4,15-16,24,27,29-31,35-36,43-44,47,49,53,58,60-62,68-69H,2-3,5-14,17-23,25-26,28,32-34,37-42,45-46H2,1H3,(H,65,71)/t49-,53+,58-,60?,61+,62+,64+/m0/s1. The van der Waals surface area contributed by atoms with Gasteiger partial charge in [-0.05, 0) is 109 Å². The number of aliphatic hydroxyl groups excluding tert-OH is 2. The Hall–Kier alpha value is -4.75.